The Bertz CT molecular complexity index is 1120. The Kier molecular flexibility index (Phi) is 6.18. The van der Waals surface area contributed by atoms with E-state index in [1.165, 1.54) is 16.0 Å². The van der Waals surface area contributed by atoms with Gasteiger partial charge in [-0.15, -0.1) is 11.3 Å². The molecule has 0 saturated heterocycles. The Morgan fingerprint density at radius 3 is 2.55 bits per heavy atom. The number of rotatable bonds is 7. The Morgan fingerprint density at radius 1 is 1.06 bits per heavy atom. The van der Waals surface area contributed by atoms with Gasteiger partial charge in [-0.05, 0) is 67.5 Å². The summed E-state index contributed by atoms with van der Waals surface area (Å²) in [6.07, 6.45) is 2.76. The van der Waals surface area contributed by atoms with E-state index in [0.29, 0.717) is 18.7 Å². The van der Waals surface area contributed by atoms with Gasteiger partial charge in [0.15, 0.2) is 0 Å². The number of carbonyl (C=O) groups is 2. The van der Waals surface area contributed by atoms with Crippen LogP contribution in [0.4, 0.5) is 0 Å². The van der Waals surface area contributed by atoms with Crippen molar-refractivity contribution in [3.05, 3.63) is 87.6 Å². The quantitative estimate of drug-likeness (QED) is 0.506. The lowest BCUT2D eigenvalue weighted by Crippen LogP contribution is -2.48. The molecule has 1 unspecified atom stereocenters. The molecule has 3 aromatic rings. The van der Waals surface area contributed by atoms with Crippen molar-refractivity contribution < 1.29 is 14.3 Å². The Balaban J connectivity index is 1.33. The minimum absolute atomic E-state index is 0.0134. The summed E-state index contributed by atoms with van der Waals surface area (Å²) in [5.41, 5.74) is 2.98. The molecule has 1 saturated carbocycles. The lowest BCUT2D eigenvalue weighted by atomic mass is 10.0. The lowest BCUT2D eigenvalue weighted by Gasteiger charge is -2.37. The first-order valence-corrected chi connectivity index (χ1v) is 12.4. The molecule has 1 aromatic heterocycles. The summed E-state index contributed by atoms with van der Waals surface area (Å²) < 4.78 is 6.12. The zero-order chi connectivity index (χ0) is 22.8. The van der Waals surface area contributed by atoms with Gasteiger partial charge in [0.05, 0.1) is 6.04 Å². The van der Waals surface area contributed by atoms with Crippen LogP contribution in [0, 0.1) is 6.92 Å². The molecule has 6 heteroatoms. The Hall–Kier alpha value is -3.12. The summed E-state index contributed by atoms with van der Waals surface area (Å²) in [7, 11) is 0. The highest BCUT2D eigenvalue weighted by Crippen LogP contribution is 2.35. The molecule has 0 N–H and O–H groups in total. The van der Waals surface area contributed by atoms with E-state index >= 15 is 0 Å². The minimum Gasteiger partial charge on any atom is -0.491 e. The summed E-state index contributed by atoms with van der Waals surface area (Å²) in [5, 5.41) is 2.09. The number of benzene rings is 2. The topological polar surface area (TPSA) is 49.9 Å². The van der Waals surface area contributed by atoms with Crippen molar-refractivity contribution in [2.24, 2.45) is 0 Å². The molecule has 1 atom stereocenters. The van der Waals surface area contributed by atoms with E-state index in [1.807, 2.05) is 66.4 Å². The van der Waals surface area contributed by atoms with Crippen molar-refractivity contribution in [2.75, 3.05) is 19.7 Å². The number of hydrogen-bond acceptors (Lipinski definition) is 4. The van der Waals surface area contributed by atoms with Gasteiger partial charge >= 0.3 is 0 Å². The Labute approximate surface area is 198 Å². The van der Waals surface area contributed by atoms with E-state index in [0.717, 1.165) is 25.0 Å². The molecule has 1 aliphatic heterocycles. The van der Waals surface area contributed by atoms with Crippen molar-refractivity contribution in [1.29, 1.82) is 0 Å². The van der Waals surface area contributed by atoms with Crippen LogP contribution in [0.5, 0.6) is 5.75 Å². The predicted octanol–water partition coefficient (Wildman–Crippen LogP) is 4.87. The maximum absolute atomic E-state index is 13.6. The normalized spacial score (nSPS) is 17.4. The van der Waals surface area contributed by atoms with E-state index in [-0.39, 0.29) is 30.4 Å². The van der Waals surface area contributed by atoms with Gasteiger partial charge in [0.25, 0.3) is 5.91 Å². The second kappa shape index (κ2) is 9.40. The fraction of sp³-hybridized carbons (Fsp3) is 0.333. The van der Waals surface area contributed by atoms with Crippen LogP contribution in [-0.2, 0) is 11.2 Å². The molecule has 5 nitrogen and oxygen atoms in total. The van der Waals surface area contributed by atoms with E-state index in [4.69, 9.17) is 4.74 Å². The van der Waals surface area contributed by atoms with E-state index in [9.17, 15) is 9.59 Å². The fourth-order valence-corrected chi connectivity index (χ4v) is 5.35. The molecule has 1 fully saturated rings. The third kappa shape index (κ3) is 4.81. The monoisotopic (exact) mass is 460 g/mol. The molecule has 2 amide bonds. The minimum atomic E-state index is -0.151. The van der Waals surface area contributed by atoms with Crippen LogP contribution in [0.3, 0.4) is 0 Å². The van der Waals surface area contributed by atoms with Crippen LogP contribution in [0.15, 0.2) is 66.0 Å². The second-order valence-corrected chi connectivity index (χ2v) is 9.81. The highest BCUT2D eigenvalue weighted by Gasteiger charge is 2.38. The standard InChI is InChI=1S/C27H28N2O3S/c1-19-7-11-22(12-8-19)32-18-24-23-14-16-33-25(23)13-15-28(24)26(30)17-29(21-9-10-21)27(31)20-5-3-2-4-6-20/h2-8,11-12,14,16,21,24H,9-10,13,15,17-18H2,1H3. The molecule has 2 aromatic carbocycles. The summed E-state index contributed by atoms with van der Waals surface area (Å²) in [6.45, 7) is 3.20. The van der Waals surface area contributed by atoms with Gasteiger partial charge in [0.1, 0.15) is 18.9 Å². The van der Waals surface area contributed by atoms with Crippen molar-refractivity contribution in [3.8, 4) is 5.75 Å². The maximum atomic E-state index is 13.6. The van der Waals surface area contributed by atoms with Gasteiger partial charge in [-0.1, -0.05) is 35.9 Å². The van der Waals surface area contributed by atoms with E-state index < -0.39 is 0 Å². The third-order valence-corrected chi connectivity index (χ3v) is 7.42. The molecule has 33 heavy (non-hydrogen) atoms. The van der Waals surface area contributed by atoms with Gasteiger partial charge in [0, 0.05) is 23.0 Å². The first-order valence-electron chi connectivity index (χ1n) is 11.5. The van der Waals surface area contributed by atoms with Crippen molar-refractivity contribution in [1.82, 2.24) is 9.80 Å². The zero-order valence-electron chi connectivity index (χ0n) is 18.8. The molecular weight excluding hydrogens is 432 g/mol. The van der Waals surface area contributed by atoms with Crippen LogP contribution in [0.1, 0.15) is 45.2 Å². The molecule has 0 radical (unpaired) electrons. The number of amides is 2. The van der Waals surface area contributed by atoms with Crippen molar-refractivity contribution in [3.63, 3.8) is 0 Å². The number of nitrogens with zero attached hydrogens (tertiary/aromatic N) is 2. The Morgan fingerprint density at radius 2 is 1.82 bits per heavy atom. The number of aryl methyl sites for hydroxylation is 1. The fourth-order valence-electron chi connectivity index (χ4n) is 4.42. The van der Waals surface area contributed by atoms with Crippen LogP contribution in [0.2, 0.25) is 0 Å². The molecule has 0 bridgehead atoms. The van der Waals surface area contributed by atoms with Gasteiger partial charge in [-0.2, -0.15) is 0 Å². The van der Waals surface area contributed by atoms with Gasteiger partial charge in [0.2, 0.25) is 5.91 Å². The second-order valence-electron chi connectivity index (χ2n) is 8.81. The maximum Gasteiger partial charge on any atom is 0.254 e. The number of thiophene rings is 1. The van der Waals surface area contributed by atoms with E-state index in [1.54, 1.807) is 16.2 Å². The van der Waals surface area contributed by atoms with Gasteiger partial charge in [-0.25, -0.2) is 0 Å². The number of hydrogen-bond donors (Lipinski definition) is 0. The largest absolute Gasteiger partial charge is 0.491 e. The van der Waals surface area contributed by atoms with Crippen LogP contribution >= 0.6 is 11.3 Å². The summed E-state index contributed by atoms with van der Waals surface area (Å²) in [5.74, 6) is 0.724. The SMILES string of the molecule is Cc1ccc(OCC2c3ccsc3CCN2C(=O)CN(C(=O)c2ccccc2)C2CC2)cc1. The van der Waals surface area contributed by atoms with E-state index in [2.05, 4.69) is 11.4 Å². The van der Waals surface area contributed by atoms with Crippen LogP contribution < -0.4 is 4.74 Å². The summed E-state index contributed by atoms with van der Waals surface area (Å²) >= 11 is 1.74. The number of ether oxygens (including phenoxy) is 1. The van der Waals surface area contributed by atoms with Crippen LogP contribution in [0.25, 0.3) is 0 Å². The summed E-state index contributed by atoms with van der Waals surface area (Å²) in [4.78, 5) is 31.7. The smallest absolute Gasteiger partial charge is 0.254 e. The lowest BCUT2D eigenvalue weighted by molar-refractivity contribution is -0.135. The van der Waals surface area contributed by atoms with Crippen molar-refractivity contribution in [2.45, 2.75) is 38.3 Å². The average molecular weight is 461 g/mol. The molecule has 1 aliphatic carbocycles. The van der Waals surface area contributed by atoms with Gasteiger partial charge in [-0.3, -0.25) is 9.59 Å². The molecule has 5 rings (SSSR count). The first-order chi connectivity index (χ1) is 16.1. The first kappa shape index (κ1) is 21.7. The third-order valence-electron chi connectivity index (χ3n) is 6.42. The average Bonchev–Trinajstić information content (AvgIpc) is 3.57. The zero-order valence-corrected chi connectivity index (χ0v) is 19.6. The predicted molar refractivity (Wildman–Crippen MR) is 130 cm³/mol. The van der Waals surface area contributed by atoms with Crippen LogP contribution in [-0.4, -0.2) is 47.4 Å². The number of fused-ring (bicyclic) bond motifs is 1. The molecular formula is C27H28N2O3S. The van der Waals surface area contributed by atoms with Crippen molar-refractivity contribution >= 4 is 23.2 Å². The molecule has 170 valence electrons. The molecule has 2 heterocycles. The highest BCUT2D eigenvalue weighted by atomic mass is 32.1. The highest BCUT2D eigenvalue weighted by molar-refractivity contribution is 7.10. The number of carbonyl (C=O) groups excluding carboxylic acids is 2. The molecule has 0 spiro atoms. The summed E-state index contributed by atoms with van der Waals surface area (Å²) in [6, 6.07) is 19.4. The van der Waals surface area contributed by atoms with Gasteiger partial charge < -0.3 is 14.5 Å². The molecule has 2 aliphatic rings.